The molecular weight excluding hydrogens is 414 g/mol. The van der Waals surface area contributed by atoms with Crippen molar-refractivity contribution in [2.75, 3.05) is 0 Å². The number of pyridine rings is 1. The second kappa shape index (κ2) is 8.49. The summed E-state index contributed by atoms with van der Waals surface area (Å²) in [7, 11) is 1.70. The van der Waals surface area contributed by atoms with Gasteiger partial charge in [0.25, 0.3) is 11.8 Å². The Kier molecular flexibility index (Phi) is 5.59. The smallest absolute Gasteiger partial charge is 0.287 e. The zero-order valence-corrected chi connectivity index (χ0v) is 17.4. The molecule has 1 atom stereocenters. The summed E-state index contributed by atoms with van der Waals surface area (Å²) in [6.45, 7) is 0. The Balaban J connectivity index is 1.65. The van der Waals surface area contributed by atoms with E-state index in [2.05, 4.69) is 15.4 Å². The van der Waals surface area contributed by atoms with Crippen LogP contribution in [0.2, 0.25) is 0 Å². The van der Waals surface area contributed by atoms with Crippen molar-refractivity contribution in [1.29, 1.82) is 0 Å². The molecule has 0 aliphatic heterocycles. The first kappa shape index (κ1) is 20.4. The molecule has 0 fully saturated rings. The fourth-order valence-electron chi connectivity index (χ4n) is 3.44. The fraction of sp³-hybridized carbons (Fsp3) is 0.136. The van der Waals surface area contributed by atoms with Crippen LogP contribution in [-0.4, -0.2) is 38.4 Å². The van der Waals surface area contributed by atoms with Crippen molar-refractivity contribution in [3.05, 3.63) is 71.4 Å². The summed E-state index contributed by atoms with van der Waals surface area (Å²) in [4.78, 5) is 41.5. The van der Waals surface area contributed by atoms with E-state index in [0.717, 1.165) is 15.6 Å². The number of aromatic nitrogens is 3. The zero-order chi connectivity index (χ0) is 22.0. The number of benzene rings is 1. The Labute approximate surface area is 181 Å². The molecule has 1 unspecified atom stereocenters. The molecule has 31 heavy (non-hydrogen) atoms. The van der Waals surface area contributed by atoms with E-state index in [0.29, 0.717) is 11.4 Å². The summed E-state index contributed by atoms with van der Waals surface area (Å²) in [6, 6.07) is 12.0. The number of hydrogen-bond acceptors (Lipinski definition) is 6. The van der Waals surface area contributed by atoms with Crippen LogP contribution in [0.5, 0.6) is 0 Å². The zero-order valence-electron chi connectivity index (χ0n) is 16.6. The summed E-state index contributed by atoms with van der Waals surface area (Å²) in [6.07, 6.45) is 3.17. The molecule has 0 bridgehead atoms. The molecule has 0 radical (unpaired) electrons. The minimum Gasteiger partial charge on any atom is -0.363 e. The van der Waals surface area contributed by atoms with E-state index in [9.17, 15) is 14.4 Å². The maximum absolute atomic E-state index is 13.1. The van der Waals surface area contributed by atoms with Gasteiger partial charge in [0.2, 0.25) is 5.78 Å². The van der Waals surface area contributed by atoms with Gasteiger partial charge in [0.1, 0.15) is 6.04 Å². The van der Waals surface area contributed by atoms with Gasteiger partial charge in [-0.1, -0.05) is 24.3 Å². The Morgan fingerprint density at radius 1 is 1.16 bits per heavy atom. The van der Waals surface area contributed by atoms with Crippen molar-refractivity contribution < 1.29 is 14.4 Å². The van der Waals surface area contributed by atoms with Crippen LogP contribution in [0.15, 0.2) is 60.2 Å². The quantitative estimate of drug-likeness (QED) is 0.433. The van der Waals surface area contributed by atoms with Gasteiger partial charge in [-0.25, -0.2) is 0 Å². The standard InChI is InChI=1S/C22H19N5O3S/c1-27-19(16-7-4-5-9-24-16)15(11-25-27)22(30)26-17(20(28)21(23)29)10-13-12-31-18-8-3-2-6-14(13)18/h2-9,11-12,17H,10H2,1H3,(H2,23,29)(H,26,30). The van der Waals surface area contributed by atoms with Gasteiger partial charge in [0.15, 0.2) is 0 Å². The molecule has 2 amide bonds. The molecule has 0 aliphatic rings. The number of hydrogen-bond donors (Lipinski definition) is 2. The number of rotatable bonds is 7. The molecule has 0 spiro atoms. The van der Waals surface area contributed by atoms with Crippen molar-refractivity contribution in [3.8, 4) is 11.4 Å². The summed E-state index contributed by atoms with van der Waals surface area (Å²) in [5, 5.41) is 9.72. The van der Waals surface area contributed by atoms with Crippen molar-refractivity contribution in [1.82, 2.24) is 20.1 Å². The summed E-state index contributed by atoms with van der Waals surface area (Å²) >= 11 is 1.53. The third-order valence-corrected chi connectivity index (χ3v) is 5.95. The number of carbonyl (C=O) groups excluding carboxylic acids is 3. The molecule has 3 aromatic heterocycles. The first-order valence-electron chi connectivity index (χ1n) is 9.48. The van der Waals surface area contributed by atoms with Gasteiger partial charge >= 0.3 is 0 Å². The third-order valence-electron chi connectivity index (χ3n) is 4.94. The number of ketones is 1. The van der Waals surface area contributed by atoms with E-state index in [1.54, 1.807) is 31.4 Å². The number of nitrogens with one attached hydrogen (secondary N) is 1. The number of nitrogens with zero attached hydrogens (tertiary/aromatic N) is 3. The number of Topliss-reactive ketones (excluding diaryl/α,β-unsaturated/α-hetero) is 1. The number of nitrogens with two attached hydrogens (primary N) is 1. The van der Waals surface area contributed by atoms with E-state index in [1.165, 1.54) is 22.2 Å². The second-order valence-corrected chi connectivity index (χ2v) is 7.87. The summed E-state index contributed by atoms with van der Waals surface area (Å²) in [5.41, 5.74) is 7.43. The molecule has 9 heteroatoms. The number of primary amides is 1. The van der Waals surface area contributed by atoms with Gasteiger partial charge in [-0.15, -0.1) is 11.3 Å². The molecule has 0 aliphatic carbocycles. The molecule has 4 rings (SSSR count). The Morgan fingerprint density at radius 2 is 1.94 bits per heavy atom. The van der Waals surface area contributed by atoms with Gasteiger partial charge in [-0.05, 0) is 34.5 Å². The second-order valence-electron chi connectivity index (χ2n) is 6.96. The lowest BCUT2D eigenvalue weighted by atomic mass is 10.0. The summed E-state index contributed by atoms with van der Waals surface area (Å²) < 4.78 is 2.59. The highest BCUT2D eigenvalue weighted by Gasteiger charge is 2.28. The normalized spacial score (nSPS) is 11.9. The first-order chi connectivity index (χ1) is 15.0. The average molecular weight is 433 g/mol. The van der Waals surface area contributed by atoms with Crippen molar-refractivity contribution in [2.45, 2.75) is 12.5 Å². The molecule has 1 aromatic carbocycles. The van der Waals surface area contributed by atoms with Crippen LogP contribution in [-0.2, 0) is 23.1 Å². The molecule has 0 saturated carbocycles. The lowest BCUT2D eigenvalue weighted by Gasteiger charge is -2.16. The number of amides is 2. The highest BCUT2D eigenvalue weighted by atomic mass is 32.1. The van der Waals surface area contributed by atoms with Gasteiger partial charge in [0, 0.05) is 24.4 Å². The van der Waals surface area contributed by atoms with Crippen LogP contribution >= 0.6 is 11.3 Å². The van der Waals surface area contributed by atoms with Crippen LogP contribution in [0.4, 0.5) is 0 Å². The van der Waals surface area contributed by atoms with E-state index in [1.807, 2.05) is 29.6 Å². The SMILES string of the molecule is Cn1ncc(C(=O)NC(Cc2csc3ccccc23)C(=O)C(N)=O)c1-c1ccccn1. The van der Waals surface area contributed by atoms with Crippen molar-refractivity contribution >= 4 is 39.0 Å². The van der Waals surface area contributed by atoms with Crippen LogP contribution in [0.25, 0.3) is 21.5 Å². The van der Waals surface area contributed by atoms with E-state index >= 15 is 0 Å². The Bertz CT molecular complexity index is 1280. The van der Waals surface area contributed by atoms with Gasteiger partial charge in [0.05, 0.1) is 23.1 Å². The Hall–Kier alpha value is -3.85. The van der Waals surface area contributed by atoms with E-state index < -0.39 is 23.6 Å². The van der Waals surface area contributed by atoms with Crippen molar-refractivity contribution in [3.63, 3.8) is 0 Å². The lowest BCUT2D eigenvalue weighted by molar-refractivity contribution is -0.137. The minimum atomic E-state index is -1.10. The maximum Gasteiger partial charge on any atom is 0.287 e. The van der Waals surface area contributed by atoms with E-state index in [4.69, 9.17) is 5.73 Å². The van der Waals surface area contributed by atoms with Crippen molar-refractivity contribution in [2.24, 2.45) is 12.8 Å². The first-order valence-corrected chi connectivity index (χ1v) is 10.4. The maximum atomic E-state index is 13.1. The van der Waals surface area contributed by atoms with Crippen LogP contribution < -0.4 is 11.1 Å². The van der Waals surface area contributed by atoms with Crippen LogP contribution in [0, 0.1) is 0 Å². The lowest BCUT2D eigenvalue weighted by Crippen LogP contribution is -2.47. The minimum absolute atomic E-state index is 0.150. The molecule has 4 aromatic rings. The van der Waals surface area contributed by atoms with Gasteiger partial charge < -0.3 is 11.1 Å². The molecule has 156 valence electrons. The number of carbonyl (C=O) groups is 3. The number of aryl methyl sites for hydroxylation is 1. The summed E-state index contributed by atoms with van der Waals surface area (Å²) in [5.74, 6) is -2.49. The van der Waals surface area contributed by atoms with Crippen LogP contribution in [0.1, 0.15) is 15.9 Å². The van der Waals surface area contributed by atoms with Crippen LogP contribution in [0.3, 0.4) is 0 Å². The molecule has 0 saturated heterocycles. The largest absolute Gasteiger partial charge is 0.363 e. The molecular formula is C22H19N5O3S. The molecule has 3 heterocycles. The Morgan fingerprint density at radius 3 is 2.68 bits per heavy atom. The monoisotopic (exact) mass is 433 g/mol. The number of fused-ring (bicyclic) bond motifs is 1. The molecule has 3 N–H and O–H groups in total. The fourth-order valence-corrected chi connectivity index (χ4v) is 4.41. The highest BCUT2D eigenvalue weighted by Crippen LogP contribution is 2.27. The highest BCUT2D eigenvalue weighted by molar-refractivity contribution is 7.17. The van der Waals surface area contributed by atoms with E-state index in [-0.39, 0.29) is 12.0 Å². The predicted molar refractivity (Wildman–Crippen MR) is 117 cm³/mol. The van der Waals surface area contributed by atoms with Gasteiger partial charge in [-0.3, -0.25) is 24.0 Å². The predicted octanol–water partition coefficient (Wildman–Crippen LogP) is 2.09. The third kappa shape index (κ3) is 4.08. The van der Waals surface area contributed by atoms with Gasteiger partial charge in [-0.2, -0.15) is 5.10 Å². The average Bonchev–Trinajstić information content (AvgIpc) is 3.37. The molecule has 8 nitrogen and oxygen atoms in total. The number of thiophene rings is 1. The topological polar surface area (TPSA) is 120 Å².